The van der Waals surface area contributed by atoms with Gasteiger partial charge in [-0.05, 0) is 5.12 Å². The van der Waals surface area contributed by atoms with Gasteiger partial charge in [0.15, 0.2) is 0 Å². The summed E-state index contributed by atoms with van der Waals surface area (Å²) in [4.78, 5) is 14.3. The molecule has 1 aromatic rings. The van der Waals surface area contributed by atoms with Crippen molar-refractivity contribution < 1.29 is 5.03 Å². The molecule has 1 aliphatic rings. The molecule has 1 aliphatic heterocycles. The fraction of sp³-hybridized carbons (Fsp3) is 0.400. The lowest BCUT2D eigenvalue weighted by Crippen LogP contribution is -2.36. The third kappa shape index (κ3) is 0.754. The third-order valence-electron chi connectivity index (χ3n) is 1.67. The highest BCUT2D eigenvalue weighted by Gasteiger charge is 2.27. The highest BCUT2D eigenvalue weighted by molar-refractivity contribution is 5.03. The van der Waals surface area contributed by atoms with Crippen molar-refractivity contribution in [2.75, 3.05) is 11.7 Å². The molecule has 0 amide bonds. The Morgan fingerprint density at radius 2 is 2.55 bits per heavy atom. The molecule has 0 spiro atoms. The number of hydrogen-bond donors (Lipinski definition) is 0. The van der Waals surface area contributed by atoms with E-state index in [0.29, 0.717) is 13.0 Å². The van der Waals surface area contributed by atoms with Gasteiger partial charge in [-0.2, -0.15) is 0 Å². The average molecular weight is 154 g/mol. The largest absolute Gasteiger partial charge is 0.339 e. The maximum atomic E-state index is 10.3. The molecule has 0 unspecified atom stereocenters. The van der Waals surface area contributed by atoms with Gasteiger partial charge in [-0.15, -0.1) is 4.68 Å². The number of rotatable bonds is 1. The minimum atomic E-state index is -0.432. The summed E-state index contributed by atoms with van der Waals surface area (Å²) in [5.74, 6) is 0.752. The normalized spacial score (nSPS) is 15.1. The van der Waals surface area contributed by atoms with E-state index in [-0.39, 0.29) is 0 Å². The standard InChI is InChI=1S/C5H6N4O2/c10-9(11)8-3-1-5-6-2-4-7(5)8/h2,4H,1,3H2. The third-order valence-corrected chi connectivity index (χ3v) is 1.67. The topological polar surface area (TPSA) is 64.2 Å². The van der Waals surface area contributed by atoms with E-state index < -0.39 is 5.03 Å². The number of nitro groups is 1. The van der Waals surface area contributed by atoms with Gasteiger partial charge in [-0.3, -0.25) is 0 Å². The molecule has 0 atom stereocenters. The van der Waals surface area contributed by atoms with Crippen LogP contribution in [0.1, 0.15) is 5.82 Å². The molecule has 0 saturated carbocycles. The van der Waals surface area contributed by atoms with E-state index in [4.69, 9.17) is 0 Å². The molecular weight excluding hydrogens is 148 g/mol. The van der Waals surface area contributed by atoms with Crippen LogP contribution in [0.3, 0.4) is 0 Å². The summed E-state index contributed by atoms with van der Waals surface area (Å²) >= 11 is 0. The summed E-state index contributed by atoms with van der Waals surface area (Å²) in [6, 6.07) is 0. The second-order valence-electron chi connectivity index (χ2n) is 2.27. The van der Waals surface area contributed by atoms with Gasteiger partial charge in [0.25, 0.3) is 0 Å². The maximum absolute atomic E-state index is 10.3. The van der Waals surface area contributed by atoms with Crippen molar-refractivity contribution in [2.45, 2.75) is 6.42 Å². The van der Waals surface area contributed by atoms with Gasteiger partial charge in [0, 0.05) is 0 Å². The zero-order valence-corrected chi connectivity index (χ0v) is 5.67. The van der Waals surface area contributed by atoms with Gasteiger partial charge in [0.05, 0.1) is 17.6 Å². The number of imidazole rings is 1. The first-order valence-corrected chi connectivity index (χ1v) is 3.23. The first-order chi connectivity index (χ1) is 5.29. The molecule has 11 heavy (non-hydrogen) atoms. The molecule has 6 heteroatoms. The molecule has 6 nitrogen and oxygen atoms in total. The van der Waals surface area contributed by atoms with Crippen LogP contribution < -0.4 is 5.12 Å². The molecular formula is C5H6N4O2. The van der Waals surface area contributed by atoms with Crippen molar-refractivity contribution in [2.24, 2.45) is 0 Å². The molecule has 2 heterocycles. The fourth-order valence-electron chi connectivity index (χ4n) is 1.19. The fourth-order valence-corrected chi connectivity index (χ4v) is 1.19. The summed E-state index contributed by atoms with van der Waals surface area (Å²) in [6.07, 6.45) is 3.80. The van der Waals surface area contributed by atoms with E-state index in [1.165, 1.54) is 4.68 Å². The Bertz CT molecular complexity index is 294. The molecule has 0 bridgehead atoms. The van der Waals surface area contributed by atoms with E-state index in [1.807, 2.05) is 0 Å². The summed E-state index contributed by atoms with van der Waals surface area (Å²) < 4.78 is 1.46. The Hall–Kier alpha value is -1.59. The quantitative estimate of drug-likeness (QED) is 0.406. The monoisotopic (exact) mass is 154 g/mol. The van der Waals surface area contributed by atoms with E-state index in [2.05, 4.69) is 4.98 Å². The Labute approximate surface area is 62.1 Å². The Morgan fingerprint density at radius 1 is 1.73 bits per heavy atom. The van der Waals surface area contributed by atoms with Crippen molar-refractivity contribution in [1.29, 1.82) is 0 Å². The minimum Gasteiger partial charge on any atom is -0.339 e. The van der Waals surface area contributed by atoms with Crippen LogP contribution in [0, 0.1) is 10.1 Å². The van der Waals surface area contributed by atoms with Gasteiger partial charge >= 0.3 is 0 Å². The van der Waals surface area contributed by atoms with Crippen LogP contribution in [0.5, 0.6) is 0 Å². The Morgan fingerprint density at radius 3 is 3.27 bits per heavy atom. The van der Waals surface area contributed by atoms with Crippen LogP contribution >= 0.6 is 0 Å². The average Bonchev–Trinajstić information content (AvgIpc) is 2.41. The van der Waals surface area contributed by atoms with E-state index in [0.717, 1.165) is 10.9 Å². The number of hydrogen-bond acceptors (Lipinski definition) is 3. The number of fused-ring (bicyclic) bond motifs is 1. The first-order valence-electron chi connectivity index (χ1n) is 3.23. The van der Waals surface area contributed by atoms with Gasteiger partial charge < -0.3 is 10.1 Å². The second kappa shape index (κ2) is 1.94. The van der Waals surface area contributed by atoms with Crippen LogP contribution in [0.2, 0.25) is 0 Å². The summed E-state index contributed by atoms with van der Waals surface area (Å²) in [5.41, 5.74) is 0. The molecule has 0 N–H and O–H groups in total. The van der Waals surface area contributed by atoms with Gasteiger partial charge in [0.2, 0.25) is 5.82 Å². The highest BCUT2D eigenvalue weighted by atomic mass is 16.7. The van der Waals surface area contributed by atoms with Gasteiger partial charge in [-0.1, -0.05) is 0 Å². The first kappa shape index (κ1) is 6.14. The van der Waals surface area contributed by atoms with Gasteiger partial charge in [0.1, 0.15) is 12.7 Å². The number of nitrogens with zero attached hydrogens (tertiary/aromatic N) is 4. The molecule has 0 saturated heterocycles. The lowest BCUT2D eigenvalue weighted by Gasteiger charge is -2.08. The molecule has 58 valence electrons. The molecule has 0 aromatic carbocycles. The predicted octanol–water partition coefficient (Wildman–Crippen LogP) is -0.431. The Balaban J connectivity index is 2.38. The summed E-state index contributed by atoms with van der Waals surface area (Å²) in [5, 5.41) is 11.0. The van der Waals surface area contributed by atoms with Crippen LogP contribution in [-0.2, 0) is 6.42 Å². The molecule has 1 aromatic heterocycles. The van der Waals surface area contributed by atoms with E-state index in [9.17, 15) is 10.1 Å². The lowest BCUT2D eigenvalue weighted by atomic mass is 10.4. The maximum Gasteiger partial charge on any atom is 0.223 e. The van der Waals surface area contributed by atoms with Crippen molar-refractivity contribution in [3.05, 3.63) is 28.3 Å². The molecule has 0 aliphatic carbocycles. The van der Waals surface area contributed by atoms with E-state index in [1.54, 1.807) is 12.4 Å². The Kier molecular flexibility index (Phi) is 1.09. The van der Waals surface area contributed by atoms with Crippen LogP contribution in [0.15, 0.2) is 12.4 Å². The van der Waals surface area contributed by atoms with E-state index >= 15 is 0 Å². The highest BCUT2D eigenvalue weighted by Crippen LogP contribution is 2.08. The van der Waals surface area contributed by atoms with Crippen molar-refractivity contribution in [3.8, 4) is 0 Å². The van der Waals surface area contributed by atoms with Crippen LogP contribution in [0.25, 0.3) is 0 Å². The molecule has 0 fully saturated rings. The number of hydrazine groups is 1. The predicted molar refractivity (Wildman–Crippen MR) is 36.0 cm³/mol. The summed E-state index contributed by atoms with van der Waals surface area (Å²) in [7, 11) is 0. The lowest BCUT2D eigenvalue weighted by molar-refractivity contribution is -0.513. The zero-order chi connectivity index (χ0) is 7.84. The summed E-state index contributed by atoms with van der Waals surface area (Å²) in [6.45, 7) is 0.413. The van der Waals surface area contributed by atoms with Crippen molar-refractivity contribution in [1.82, 2.24) is 9.66 Å². The smallest absolute Gasteiger partial charge is 0.223 e. The zero-order valence-electron chi connectivity index (χ0n) is 5.67. The molecule has 2 rings (SSSR count). The van der Waals surface area contributed by atoms with Crippen molar-refractivity contribution >= 4 is 0 Å². The van der Waals surface area contributed by atoms with Gasteiger partial charge in [-0.25, -0.2) is 4.98 Å². The van der Waals surface area contributed by atoms with Crippen molar-refractivity contribution in [3.63, 3.8) is 0 Å². The second-order valence-corrected chi connectivity index (χ2v) is 2.27. The van der Waals surface area contributed by atoms with Crippen LogP contribution in [-0.4, -0.2) is 21.2 Å². The number of aromatic nitrogens is 2. The SMILES string of the molecule is O=[N+]([O-])N1CCc2nccn21. The molecule has 0 radical (unpaired) electrons. The van der Waals surface area contributed by atoms with Crippen LogP contribution in [0.4, 0.5) is 0 Å². The minimum absolute atomic E-state index is 0.413.